The molecule has 2 N–H and O–H groups in total. The molecule has 0 radical (unpaired) electrons. The Kier molecular flexibility index (Phi) is 4.02. The maximum Gasteiger partial charge on any atom is 0.418 e. The zero-order valence-corrected chi connectivity index (χ0v) is 10.3. The van der Waals surface area contributed by atoms with Gasteiger partial charge in [-0.15, -0.1) is 0 Å². The van der Waals surface area contributed by atoms with Gasteiger partial charge >= 0.3 is 6.18 Å². The van der Waals surface area contributed by atoms with Crippen LogP contribution in [0.3, 0.4) is 0 Å². The van der Waals surface area contributed by atoms with Gasteiger partial charge in [0.1, 0.15) is 5.75 Å². The van der Waals surface area contributed by atoms with Crippen molar-refractivity contribution in [1.29, 1.82) is 0 Å². The van der Waals surface area contributed by atoms with E-state index >= 15 is 0 Å². The number of aromatic hydroxyl groups is 1. The molecule has 0 spiro atoms. The third-order valence-corrected chi connectivity index (χ3v) is 2.84. The molecule has 0 aliphatic carbocycles. The lowest BCUT2D eigenvalue weighted by Gasteiger charge is -2.16. The lowest BCUT2D eigenvalue weighted by molar-refractivity contribution is -0.137. The van der Waals surface area contributed by atoms with E-state index in [4.69, 9.17) is 5.11 Å². The minimum atomic E-state index is -4.75. The summed E-state index contributed by atoms with van der Waals surface area (Å²) in [5.74, 6) is -0.560. The molecule has 4 nitrogen and oxygen atoms in total. The van der Waals surface area contributed by atoms with E-state index < -0.39 is 34.4 Å². The SMILES string of the molecule is O=S([O-])Nc1cc(I)c(O)cc1C(F)(F)F. The average molecular weight is 366 g/mol. The predicted octanol–water partition coefficient (Wildman–Crippen LogP) is 2.22. The number of rotatable bonds is 2. The van der Waals surface area contributed by atoms with Crippen LogP contribution in [0.1, 0.15) is 5.56 Å². The van der Waals surface area contributed by atoms with Gasteiger partial charge in [-0.05, 0) is 34.7 Å². The van der Waals surface area contributed by atoms with Crippen molar-refractivity contribution in [3.8, 4) is 5.75 Å². The fourth-order valence-electron chi connectivity index (χ4n) is 0.971. The van der Waals surface area contributed by atoms with Crippen molar-refractivity contribution >= 4 is 39.5 Å². The van der Waals surface area contributed by atoms with Gasteiger partial charge in [0.05, 0.1) is 14.8 Å². The highest BCUT2D eigenvalue weighted by atomic mass is 127. The van der Waals surface area contributed by atoms with E-state index in [-0.39, 0.29) is 3.57 Å². The first kappa shape index (κ1) is 13.5. The molecule has 0 amide bonds. The first-order valence-electron chi connectivity index (χ1n) is 3.67. The zero-order valence-electron chi connectivity index (χ0n) is 7.34. The van der Waals surface area contributed by atoms with Crippen LogP contribution in [0.15, 0.2) is 12.1 Å². The topological polar surface area (TPSA) is 72.4 Å². The monoisotopic (exact) mass is 366 g/mol. The predicted molar refractivity (Wildman–Crippen MR) is 58.4 cm³/mol. The molecule has 0 aliphatic rings. The summed E-state index contributed by atoms with van der Waals surface area (Å²) in [5.41, 5.74) is -1.86. The molecular formula is C7H4F3INO3S-. The van der Waals surface area contributed by atoms with Crippen LogP contribution in [0.4, 0.5) is 18.9 Å². The number of hydrogen-bond acceptors (Lipinski definition) is 3. The van der Waals surface area contributed by atoms with Gasteiger partial charge < -0.3 is 14.4 Å². The highest BCUT2D eigenvalue weighted by molar-refractivity contribution is 14.1. The molecule has 90 valence electrons. The standard InChI is InChI=1S/C7H5F3INO3S/c8-7(9,10)3-1-6(13)4(11)2-5(3)12-16(14)15/h1-2,12-13H,(H,14,15)/p-1. The lowest BCUT2D eigenvalue weighted by Crippen LogP contribution is -2.12. The maximum absolute atomic E-state index is 12.5. The summed E-state index contributed by atoms with van der Waals surface area (Å²) in [4.78, 5) is 0. The number of halogens is 4. The third kappa shape index (κ3) is 3.22. The Balaban J connectivity index is 3.33. The van der Waals surface area contributed by atoms with Gasteiger partial charge in [0.2, 0.25) is 0 Å². The summed E-state index contributed by atoms with van der Waals surface area (Å²) >= 11 is -1.28. The molecule has 1 atom stereocenters. The Morgan fingerprint density at radius 2 is 2.00 bits per heavy atom. The fraction of sp³-hybridized carbons (Fsp3) is 0.143. The van der Waals surface area contributed by atoms with Crippen LogP contribution >= 0.6 is 22.6 Å². The van der Waals surface area contributed by atoms with E-state index in [1.54, 1.807) is 27.3 Å². The van der Waals surface area contributed by atoms with Crippen LogP contribution in [0.2, 0.25) is 0 Å². The van der Waals surface area contributed by atoms with Crippen LogP contribution in [0, 0.1) is 3.57 Å². The number of anilines is 1. The number of benzene rings is 1. The number of phenolic OH excluding ortho intramolecular Hbond substituents is 1. The molecule has 0 heterocycles. The first-order valence-corrected chi connectivity index (χ1v) is 5.83. The number of alkyl halides is 3. The molecule has 0 aromatic heterocycles. The molecule has 0 aliphatic heterocycles. The second kappa shape index (κ2) is 4.75. The molecule has 0 bridgehead atoms. The van der Waals surface area contributed by atoms with Crippen molar-refractivity contribution in [2.75, 3.05) is 4.72 Å². The van der Waals surface area contributed by atoms with E-state index in [0.717, 1.165) is 6.07 Å². The van der Waals surface area contributed by atoms with Crippen LogP contribution in [0.5, 0.6) is 5.75 Å². The highest BCUT2D eigenvalue weighted by Crippen LogP contribution is 2.38. The molecule has 16 heavy (non-hydrogen) atoms. The summed E-state index contributed by atoms with van der Waals surface area (Å²) in [6.45, 7) is 0. The van der Waals surface area contributed by atoms with Crippen molar-refractivity contribution in [2.24, 2.45) is 0 Å². The van der Waals surface area contributed by atoms with Crippen LogP contribution < -0.4 is 4.72 Å². The molecule has 1 aromatic rings. The Morgan fingerprint density at radius 1 is 1.44 bits per heavy atom. The Labute approximate surface area is 104 Å². The maximum atomic E-state index is 12.5. The highest BCUT2D eigenvalue weighted by Gasteiger charge is 2.34. The number of nitrogens with one attached hydrogen (secondary N) is 1. The van der Waals surface area contributed by atoms with Gasteiger partial charge in [0.15, 0.2) is 0 Å². The largest absolute Gasteiger partial charge is 0.755 e. The summed E-state index contributed by atoms with van der Waals surface area (Å²) in [7, 11) is 0. The van der Waals surface area contributed by atoms with Gasteiger partial charge in [-0.1, -0.05) is 0 Å². The lowest BCUT2D eigenvalue weighted by atomic mass is 10.1. The molecule has 1 rings (SSSR count). The second-order valence-corrected chi connectivity index (χ2v) is 4.52. The van der Waals surface area contributed by atoms with Gasteiger partial charge in [-0.3, -0.25) is 4.21 Å². The molecule has 0 fully saturated rings. The molecule has 1 aromatic carbocycles. The van der Waals surface area contributed by atoms with Crippen LogP contribution in [-0.4, -0.2) is 13.9 Å². The molecule has 1 unspecified atom stereocenters. The van der Waals surface area contributed by atoms with Gasteiger partial charge in [0.25, 0.3) is 0 Å². The van der Waals surface area contributed by atoms with Gasteiger partial charge in [-0.25, -0.2) is 0 Å². The summed E-state index contributed by atoms with van der Waals surface area (Å²) in [5, 5.41) is 9.13. The van der Waals surface area contributed by atoms with Crippen molar-refractivity contribution < 1.29 is 27.0 Å². The molecular weight excluding hydrogens is 362 g/mol. The Bertz CT molecular complexity index is 438. The molecule has 0 saturated heterocycles. The number of phenols is 1. The molecule has 9 heteroatoms. The summed E-state index contributed by atoms with van der Waals surface area (Å²) in [6.07, 6.45) is -4.75. The van der Waals surface area contributed by atoms with E-state index in [1.807, 2.05) is 0 Å². The fourth-order valence-corrected chi connectivity index (χ4v) is 1.79. The Morgan fingerprint density at radius 3 is 2.44 bits per heavy atom. The van der Waals surface area contributed by atoms with E-state index in [0.29, 0.717) is 6.07 Å². The zero-order chi connectivity index (χ0) is 12.5. The van der Waals surface area contributed by atoms with Crippen molar-refractivity contribution in [3.05, 3.63) is 21.3 Å². The van der Waals surface area contributed by atoms with Crippen LogP contribution in [0.25, 0.3) is 0 Å². The smallest absolute Gasteiger partial charge is 0.418 e. The summed E-state index contributed by atoms with van der Waals surface area (Å²) in [6, 6.07) is 1.37. The minimum absolute atomic E-state index is 0.110. The van der Waals surface area contributed by atoms with Gasteiger partial charge in [-0.2, -0.15) is 13.2 Å². The molecule has 0 saturated carbocycles. The normalized spacial score (nSPS) is 13.6. The van der Waals surface area contributed by atoms with E-state index in [2.05, 4.69) is 0 Å². The second-order valence-electron chi connectivity index (χ2n) is 2.68. The number of hydrogen-bond donors (Lipinski definition) is 2. The van der Waals surface area contributed by atoms with Crippen molar-refractivity contribution in [3.63, 3.8) is 0 Å². The first-order chi connectivity index (χ1) is 7.21. The van der Waals surface area contributed by atoms with Crippen molar-refractivity contribution in [1.82, 2.24) is 0 Å². The van der Waals surface area contributed by atoms with Crippen molar-refractivity contribution in [2.45, 2.75) is 6.18 Å². The minimum Gasteiger partial charge on any atom is -0.755 e. The summed E-state index contributed by atoms with van der Waals surface area (Å²) < 4.78 is 59.7. The average Bonchev–Trinajstić information content (AvgIpc) is 2.08. The Hall–Kier alpha value is -0.550. The van der Waals surface area contributed by atoms with E-state index in [1.165, 1.54) is 0 Å². The van der Waals surface area contributed by atoms with Crippen LogP contribution in [-0.2, 0) is 17.4 Å². The third-order valence-electron chi connectivity index (χ3n) is 1.59. The van der Waals surface area contributed by atoms with Gasteiger partial charge in [0, 0.05) is 11.3 Å². The quantitative estimate of drug-likeness (QED) is 0.479. The van der Waals surface area contributed by atoms with E-state index in [9.17, 15) is 21.9 Å².